The third kappa shape index (κ3) is 6.79. The number of aliphatic imine (C=N–C) groups is 1. The van der Waals surface area contributed by atoms with Crippen molar-refractivity contribution in [2.75, 3.05) is 52.9 Å². The summed E-state index contributed by atoms with van der Waals surface area (Å²) in [5.41, 5.74) is 1.09. The quantitative estimate of drug-likeness (QED) is 0.307. The van der Waals surface area contributed by atoms with Gasteiger partial charge in [0.25, 0.3) is 0 Å². The first kappa shape index (κ1) is 25.3. The van der Waals surface area contributed by atoms with E-state index in [-0.39, 0.29) is 35.2 Å². The molecule has 0 radical (unpaired) electrons. The molecular formula is C23H39FIN5. The van der Waals surface area contributed by atoms with Crippen molar-refractivity contribution in [2.45, 2.75) is 45.1 Å². The molecule has 1 saturated carbocycles. The van der Waals surface area contributed by atoms with E-state index in [4.69, 9.17) is 4.99 Å². The van der Waals surface area contributed by atoms with E-state index in [1.165, 1.54) is 6.07 Å². The Hall–Kier alpha value is -0.930. The van der Waals surface area contributed by atoms with Gasteiger partial charge in [-0.05, 0) is 50.4 Å². The van der Waals surface area contributed by atoms with Crippen molar-refractivity contribution < 1.29 is 4.39 Å². The molecule has 170 valence electrons. The highest BCUT2D eigenvalue weighted by atomic mass is 127. The molecule has 2 aliphatic rings. The minimum atomic E-state index is -0.158. The van der Waals surface area contributed by atoms with Gasteiger partial charge in [0.2, 0.25) is 0 Å². The minimum Gasteiger partial charge on any atom is -0.357 e. The third-order valence-electron chi connectivity index (χ3n) is 6.43. The second-order valence-corrected chi connectivity index (χ2v) is 9.02. The fraction of sp³-hybridized carbons (Fsp3) is 0.696. The number of nitrogens with zero attached hydrogens (tertiary/aromatic N) is 3. The van der Waals surface area contributed by atoms with E-state index in [0.29, 0.717) is 18.5 Å². The smallest absolute Gasteiger partial charge is 0.191 e. The van der Waals surface area contributed by atoms with E-state index >= 15 is 0 Å². The fourth-order valence-electron chi connectivity index (χ4n) is 4.22. The van der Waals surface area contributed by atoms with Crippen LogP contribution in [-0.4, -0.2) is 74.7 Å². The molecule has 1 aliphatic heterocycles. The van der Waals surface area contributed by atoms with E-state index in [0.717, 1.165) is 63.6 Å². The molecule has 0 spiro atoms. The number of hydrogen-bond acceptors (Lipinski definition) is 3. The molecule has 0 bridgehead atoms. The predicted octanol–water partition coefficient (Wildman–Crippen LogP) is 3.30. The summed E-state index contributed by atoms with van der Waals surface area (Å²) in [7, 11) is 2.20. The molecule has 0 aromatic heterocycles. The molecule has 1 aliphatic carbocycles. The summed E-state index contributed by atoms with van der Waals surface area (Å²) < 4.78 is 13.7. The summed E-state index contributed by atoms with van der Waals surface area (Å²) in [5.74, 6) is 1.29. The second-order valence-electron chi connectivity index (χ2n) is 9.02. The Morgan fingerprint density at radius 3 is 2.43 bits per heavy atom. The summed E-state index contributed by atoms with van der Waals surface area (Å²) in [6, 6.07) is 7.52. The molecule has 7 heteroatoms. The normalized spacial score (nSPS) is 20.5. The van der Waals surface area contributed by atoms with Crippen molar-refractivity contribution in [3.8, 4) is 0 Å². The van der Waals surface area contributed by atoms with Crippen LogP contribution in [0, 0.1) is 11.7 Å². The Morgan fingerprint density at radius 1 is 1.17 bits per heavy atom. The number of nitrogens with one attached hydrogen (secondary N) is 2. The molecule has 1 aromatic rings. The Balaban J connectivity index is 0.00000320. The van der Waals surface area contributed by atoms with Gasteiger partial charge >= 0.3 is 0 Å². The highest BCUT2D eigenvalue weighted by molar-refractivity contribution is 14.0. The number of benzene rings is 1. The number of piperazine rings is 1. The topological polar surface area (TPSA) is 42.9 Å². The fourth-order valence-corrected chi connectivity index (χ4v) is 4.22. The molecule has 1 aromatic carbocycles. The molecule has 3 rings (SSSR count). The van der Waals surface area contributed by atoms with Gasteiger partial charge in [0.15, 0.2) is 5.96 Å². The van der Waals surface area contributed by atoms with Crippen molar-refractivity contribution in [1.29, 1.82) is 0 Å². The lowest BCUT2D eigenvalue weighted by Gasteiger charge is -2.40. The number of hydrogen-bond donors (Lipinski definition) is 2. The maximum atomic E-state index is 13.7. The highest BCUT2D eigenvalue weighted by Crippen LogP contribution is 2.48. The molecule has 0 amide bonds. The van der Waals surface area contributed by atoms with Crippen LogP contribution in [0.25, 0.3) is 0 Å². The van der Waals surface area contributed by atoms with E-state index in [9.17, 15) is 4.39 Å². The van der Waals surface area contributed by atoms with E-state index in [1.54, 1.807) is 12.1 Å². The van der Waals surface area contributed by atoms with Crippen LogP contribution in [0.3, 0.4) is 0 Å². The average molecular weight is 532 g/mol. The lowest BCUT2D eigenvalue weighted by atomic mass is 9.96. The van der Waals surface area contributed by atoms with Crippen LogP contribution in [0.4, 0.5) is 4.39 Å². The van der Waals surface area contributed by atoms with Gasteiger partial charge in [-0.15, -0.1) is 24.0 Å². The van der Waals surface area contributed by atoms with Crippen LogP contribution >= 0.6 is 24.0 Å². The van der Waals surface area contributed by atoms with Crippen LogP contribution in [0.5, 0.6) is 0 Å². The molecular weight excluding hydrogens is 492 g/mol. The lowest BCUT2D eigenvalue weighted by Crippen LogP contribution is -2.55. The van der Waals surface area contributed by atoms with Gasteiger partial charge in [0.05, 0.1) is 6.54 Å². The lowest BCUT2D eigenvalue weighted by molar-refractivity contribution is 0.0900. The van der Waals surface area contributed by atoms with Crippen molar-refractivity contribution in [1.82, 2.24) is 20.4 Å². The molecule has 1 atom stereocenters. The summed E-state index contributed by atoms with van der Waals surface area (Å²) in [6.45, 7) is 13.6. The number of halogens is 2. The standard InChI is InChI=1S/C23H38FN5.HI/c1-5-25-22(26-16-21(18(2)3)29-13-11-28(4)12-14-29)27-17-23(9-10-23)19-7-6-8-20(24)15-19;/h6-8,15,18,21H,5,9-14,16-17H2,1-4H3,(H2,25,26,27);1H. The highest BCUT2D eigenvalue weighted by Gasteiger charge is 2.44. The van der Waals surface area contributed by atoms with Crippen molar-refractivity contribution in [3.05, 3.63) is 35.6 Å². The summed E-state index contributed by atoms with van der Waals surface area (Å²) in [4.78, 5) is 9.89. The number of likely N-dealkylation sites (N-methyl/N-ethyl adjacent to an activating group) is 1. The third-order valence-corrected chi connectivity index (χ3v) is 6.43. The zero-order chi connectivity index (χ0) is 20.9. The molecule has 30 heavy (non-hydrogen) atoms. The van der Waals surface area contributed by atoms with Gasteiger partial charge in [-0.2, -0.15) is 0 Å². The van der Waals surface area contributed by atoms with E-state index < -0.39 is 0 Å². The summed E-state index contributed by atoms with van der Waals surface area (Å²) in [6.07, 6.45) is 2.16. The van der Waals surface area contributed by atoms with Crippen LogP contribution in [0.1, 0.15) is 39.2 Å². The second kappa shape index (κ2) is 11.6. The molecule has 2 N–H and O–H groups in total. The molecule has 1 saturated heterocycles. The van der Waals surface area contributed by atoms with Crippen LogP contribution < -0.4 is 10.6 Å². The maximum absolute atomic E-state index is 13.7. The Labute approximate surface area is 198 Å². The van der Waals surface area contributed by atoms with Gasteiger partial charge in [-0.25, -0.2) is 4.39 Å². The van der Waals surface area contributed by atoms with Crippen molar-refractivity contribution in [3.63, 3.8) is 0 Å². The van der Waals surface area contributed by atoms with Gasteiger partial charge < -0.3 is 15.5 Å². The zero-order valence-electron chi connectivity index (χ0n) is 19.0. The first-order chi connectivity index (χ1) is 13.9. The van der Waals surface area contributed by atoms with E-state index in [1.807, 2.05) is 6.07 Å². The zero-order valence-corrected chi connectivity index (χ0v) is 21.3. The maximum Gasteiger partial charge on any atom is 0.191 e. The van der Waals surface area contributed by atoms with Gasteiger partial charge in [-0.3, -0.25) is 9.89 Å². The van der Waals surface area contributed by atoms with Crippen LogP contribution in [0.15, 0.2) is 29.3 Å². The number of rotatable bonds is 8. The Kier molecular flexibility index (Phi) is 9.81. The van der Waals surface area contributed by atoms with Gasteiger partial charge in [0, 0.05) is 50.7 Å². The SMILES string of the molecule is CCNC(=NCC1(c2cccc(F)c2)CC1)NCC(C(C)C)N1CCN(C)CC1.I. The minimum absolute atomic E-state index is 0. The van der Waals surface area contributed by atoms with E-state index in [2.05, 4.69) is 48.3 Å². The first-order valence-electron chi connectivity index (χ1n) is 11.1. The monoisotopic (exact) mass is 531 g/mol. The van der Waals surface area contributed by atoms with Crippen molar-refractivity contribution >= 4 is 29.9 Å². The van der Waals surface area contributed by atoms with Gasteiger partial charge in [0.1, 0.15) is 5.82 Å². The Bertz CT molecular complexity index is 684. The summed E-state index contributed by atoms with van der Waals surface area (Å²) >= 11 is 0. The summed E-state index contributed by atoms with van der Waals surface area (Å²) in [5, 5.41) is 6.97. The predicted molar refractivity (Wildman–Crippen MR) is 134 cm³/mol. The van der Waals surface area contributed by atoms with Crippen LogP contribution in [0.2, 0.25) is 0 Å². The molecule has 1 heterocycles. The molecule has 2 fully saturated rings. The first-order valence-corrected chi connectivity index (χ1v) is 11.1. The molecule has 5 nitrogen and oxygen atoms in total. The number of guanidine groups is 1. The largest absolute Gasteiger partial charge is 0.357 e. The Morgan fingerprint density at radius 2 is 1.87 bits per heavy atom. The molecule has 1 unspecified atom stereocenters. The van der Waals surface area contributed by atoms with Gasteiger partial charge in [-0.1, -0.05) is 26.0 Å². The van der Waals surface area contributed by atoms with Crippen molar-refractivity contribution in [2.24, 2.45) is 10.9 Å². The average Bonchev–Trinajstić information content (AvgIpc) is 3.48. The van der Waals surface area contributed by atoms with Crippen LogP contribution in [-0.2, 0) is 5.41 Å².